The molecule has 1 saturated heterocycles. The van der Waals surface area contributed by atoms with Crippen LogP contribution in [0.4, 0.5) is 9.59 Å². The Morgan fingerprint density at radius 1 is 0.725 bits per heavy atom. The van der Waals surface area contributed by atoms with Crippen molar-refractivity contribution >= 4 is 23.5 Å². The van der Waals surface area contributed by atoms with Crippen LogP contribution in [-0.4, -0.2) is 58.5 Å². The molecule has 1 aliphatic heterocycles. The van der Waals surface area contributed by atoms with Crippen molar-refractivity contribution < 1.29 is 19.5 Å². The van der Waals surface area contributed by atoms with Crippen LogP contribution in [-0.2, 0) is 9.88 Å². The van der Waals surface area contributed by atoms with Crippen molar-refractivity contribution in [1.82, 2.24) is 20.8 Å². The van der Waals surface area contributed by atoms with Gasteiger partial charge in [-0.15, -0.1) is 11.0 Å². The van der Waals surface area contributed by atoms with Crippen LogP contribution >= 0.6 is 0 Å². The quantitative estimate of drug-likeness (QED) is 0.204. The molecule has 10 nitrogen and oxygen atoms in total. The molecule has 3 fully saturated rings. The molecule has 4 atom stereocenters. The third kappa shape index (κ3) is 8.41. The molecule has 0 aromatic rings. The molecule has 2 saturated carbocycles. The second kappa shape index (κ2) is 12.3. The number of hydrogen-bond donors (Lipinski definition) is 2. The van der Waals surface area contributed by atoms with Crippen molar-refractivity contribution in [2.75, 3.05) is 13.1 Å². The fraction of sp³-hybridized carbons (Fsp3) is 0.867. The Labute approximate surface area is 241 Å². The number of hydrogen-bond acceptors (Lipinski definition) is 8. The van der Waals surface area contributed by atoms with E-state index in [1.165, 1.54) is 9.80 Å². The Balaban J connectivity index is 1.62. The lowest BCUT2D eigenvalue weighted by Crippen LogP contribution is -2.68. The monoisotopic (exact) mass is 562 g/mol. The van der Waals surface area contributed by atoms with Crippen LogP contribution in [0.2, 0.25) is 0 Å². The molecule has 4 unspecified atom stereocenters. The zero-order valence-corrected chi connectivity index (χ0v) is 26.6. The zero-order chi connectivity index (χ0) is 29.9. The van der Waals surface area contributed by atoms with Gasteiger partial charge in [-0.2, -0.15) is 0 Å². The topological polar surface area (TPSA) is 108 Å². The molecule has 0 bridgehead atoms. The van der Waals surface area contributed by atoms with Crippen molar-refractivity contribution in [2.45, 2.75) is 133 Å². The number of hydroxylamine groups is 2. The number of nitrogens with zero attached hydrogens (tertiary/aromatic N) is 4. The highest BCUT2D eigenvalue weighted by Gasteiger charge is 2.53. The fourth-order valence-electron chi connectivity index (χ4n) is 7.61. The summed E-state index contributed by atoms with van der Waals surface area (Å²) in [6, 6.07) is -0.199. The van der Waals surface area contributed by atoms with Crippen LogP contribution in [0.15, 0.2) is 10.3 Å². The van der Waals surface area contributed by atoms with Gasteiger partial charge in [-0.25, -0.2) is 19.4 Å². The maximum absolute atomic E-state index is 13.4. The fourth-order valence-corrected chi connectivity index (χ4v) is 7.61. The molecule has 2 aliphatic carbocycles. The third-order valence-electron chi connectivity index (χ3n) is 8.76. The van der Waals surface area contributed by atoms with Crippen LogP contribution in [0, 0.1) is 21.7 Å². The highest BCUT2D eigenvalue weighted by molar-refractivity contribution is 6.11. The van der Waals surface area contributed by atoms with E-state index in [-0.39, 0.29) is 45.8 Å². The molecular weight excluding hydrogens is 508 g/mol. The Kier molecular flexibility index (Phi) is 9.98. The van der Waals surface area contributed by atoms with Gasteiger partial charge in [-0.3, -0.25) is 9.88 Å². The van der Waals surface area contributed by atoms with Gasteiger partial charge in [0, 0.05) is 25.2 Å². The molecule has 10 heteroatoms. The number of nitrogens with one attached hydrogen (secondary N) is 2. The number of amides is 4. The number of oxime groups is 2. The minimum Gasteiger partial charge on any atom is -0.300 e. The summed E-state index contributed by atoms with van der Waals surface area (Å²) in [6.45, 7) is 22.1. The maximum atomic E-state index is 13.4. The van der Waals surface area contributed by atoms with Crippen molar-refractivity contribution in [3.63, 3.8) is 0 Å². The second-order valence-corrected chi connectivity index (χ2v) is 15.0. The normalized spacial score (nSPS) is 32.6. The van der Waals surface area contributed by atoms with Gasteiger partial charge in [0.1, 0.15) is 0 Å². The summed E-state index contributed by atoms with van der Waals surface area (Å²) in [5.41, 5.74) is 7.74. The first-order valence-corrected chi connectivity index (χ1v) is 15.0. The van der Waals surface area contributed by atoms with Gasteiger partial charge in [0.2, 0.25) is 0 Å². The van der Waals surface area contributed by atoms with Crippen molar-refractivity contribution in [3.05, 3.63) is 0 Å². The van der Waals surface area contributed by atoms with Crippen molar-refractivity contribution in [1.29, 1.82) is 0 Å². The molecular formula is C30H54N6O4. The Hall–Kier alpha value is -2.20. The average molecular weight is 563 g/mol. The van der Waals surface area contributed by atoms with E-state index in [9.17, 15) is 9.59 Å². The van der Waals surface area contributed by atoms with Crippen LogP contribution in [0.3, 0.4) is 0 Å². The third-order valence-corrected chi connectivity index (χ3v) is 8.76. The molecule has 3 rings (SSSR count). The smallest absolute Gasteiger partial charge is 0.300 e. The lowest BCUT2D eigenvalue weighted by Gasteiger charge is -2.52. The summed E-state index contributed by atoms with van der Waals surface area (Å²) in [4.78, 5) is 40.5. The molecule has 2 N–H and O–H groups in total. The minimum atomic E-state index is -0.218. The van der Waals surface area contributed by atoms with E-state index in [0.717, 1.165) is 62.8 Å². The number of urea groups is 2. The first kappa shape index (κ1) is 32.3. The largest absolute Gasteiger partial charge is 0.336 e. The van der Waals surface area contributed by atoms with Crippen LogP contribution < -0.4 is 11.0 Å². The van der Waals surface area contributed by atoms with Gasteiger partial charge in [0.15, 0.2) is 0 Å². The maximum Gasteiger partial charge on any atom is 0.336 e. The lowest BCUT2D eigenvalue weighted by molar-refractivity contribution is -0.0471. The van der Waals surface area contributed by atoms with Crippen LogP contribution in [0.25, 0.3) is 0 Å². The van der Waals surface area contributed by atoms with E-state index in [1.54, 1.807) is 0 Å². The van der Waals surface area contributed by atoms with E-state index in [0.29, 0.717) is 13.1 Å². The molecule has 4 amide bonds. The van der Waals surface area contributed by atoms with Crippen molar-refractivity contribution in [2.24, 2.45) is 32.0 Å². The van der Waals surface area contributed by atoms with E-state index in [4.69, 9.17) is 9.88 Å². The molecule has 228 valence electrons. The SMILES string of the molecule is CC/C(C)=N/ONC1CC(C)(C)CC(C)(CN2C(=O)N(CC3(C)CC(NO/N=C(\C)CC)CC(C)(C)C3)C2=O)C1. The average Bonchev–Trinajstić information content (AvgIpc) is 2.83. The van der Waals surface area contributed by atoms with Gasteiger partial charge >= 0.3 is 12.1 Å². The Morgan fingerprint density at radius 3 is 1.40 bits per heavy atom. The summed E-state index contributed by atoms with van der Waals surface area (Å²) in [5, 5.41) is 8.24. The first-order chi connectivity index (χ1) is 18.5. The molecule has 0 aromatic heterocycles. The Bertz CT molecular complexity index is 905. The van der Waals surface area contributed by atoms with Gasteiger partial charge in [0.25, 0.3) is 0 Å². The zero-order valence-electron chi connectivity index (χ0n) is 26.6. The van der Waals surface area contributed by atoms with E-state index < -0.39 is 0 Å². The standard InChI is InChI=1S/C30H54N6O4/c1-11-21(3)31-39-33-23-13-27(5,6)17-29(9,15-23)19-35-25(37)36(26(35)38)20-30(10)16-24(14-28(7,8)18-30)34-40-32-22(4)12-2/h23-24,33-34H,11-20H2,1-10H3/b31-21+,32-22+. The van der Waals surface area contributed by atoms with E-state index >= 15 is 0 Å². The minimum absolute atomic E-state index is 0.0408. The molecule has 0 radical (unpaired) electrons. The number of carbonyl (C=O) groups excluding carboxylic acids is 2. The second-order valence-electron chi connectivity index (χ2n) is 15.0. The van der Waals surface area contributed by atoms with Gasteiger partial charge in [-0.05, 0) is 86.9 Å². The lowest BCUT2D eigenvalue weighted by atomic mass is 9.62. The summed E-state index contributed by atoms with van der Waals surface area (Å²) in [6.07, 6.45) is 6.99. The summed E-state index contributed by atoms with van der Waals surface area (Å²) in [5.74, 6) is 0. The number of rotatable bonds is 12. The van der Waals surface area contributed by atoms with Crippen LogP contribution in [0.5, 0.6) is 0 Å². The Morgan fingerprint density at radius 2 is 1.07 bits per heavy atom. The molecule has 0 aromatic carbocycles. The predicted octanol–water partition coefficient (Wildman–Crippen LogP) is 6.63. The predicted molar refractivity (Wildman–Crippen MR) is 158 cm³/mol. The summed E-state index contributed by atoms with van der Waals surface area (Å²) < 4.78 is 0. The van der Waals surface area contributed by atoms with Crippen LogP contribution in [0.1, 0.15) is 121 Å². The highest BCUT2D eigenvalue weighted by atomic mass is 16.8. The highest BCUT2D eigenvalue weighted by Crippen LogP contribution is 2.49. The number of carbonyl (C=O) groups is 2. The molecule has 3 aliphatic rings. The summed E-state index contributed by atoms with van der Waals surface area (Å²) >= 11 is 0. The molecule has 0 spiro atoms. The van der Waals surface area contributed by atoms with Crippen molar-refractivity contribution in [3.8, 4) is 0 Å². The first-order valence-electron chi connectivity index (χ1n) is 15.0. The molecule has 40 heavy (non-hydrogen) atoms. The van der Waals surface area contributed by atoms with E-state index in [2.05, 4.69) is 62.8 Å². The number of imide groups is 2. The van der Waals surface area contributed by atoms with E-state index in [1.807, 2.05) is 27.7 Å². The van der Waals surface area contributed by atoms with Gasteiger partial charge < -0.3 is 0 Å². The summed E-state index contributed by atoms with van der Waals surface area (Å²) in [7, 11) is 0. The van der Waals surface area contributed by atoms with Gasteiger partial charge in [-0.1, -0.05) is 65.7 Å². The molecule has 1 heterocycles. The van der Waals surface area contributed by atoms with Gasteiger partial charge in [0.05, 0.1) is 11.4 Å².